The number of nitrogens with zero attached hydrogens (tertiary/aromatic N) is 2. The third kappa shape index (κ3) is 2.72. The Balaban J connectivity index is 2.40. The van der Waals surface area contributed by atoms with E-state index in [4.69, 9.17) is 11.6 Å². The predicted octanol–water partition coefficient (Wildman–Crippen LogP) is 0.634. The van der Waals surface area contributed by atoms with Crippen LogP contribution in [-0.2, 0) is 14.8 Å². The summed E-state index contributed by atoms with van der Waals surface area (Å²) in [5, 5.41) is 2.77. The van der Waals surface area contributed by atoms with Gasteiger partial charge in [-0.1, -0.05) is 18.5 Å². The standard InChI is InChI=1S/C11H14ClN3O3S/c1-2-9-11(16)14-5-6-15(9)19(17,18)8-3-4-13-10(12)7-8/h3-4,7,9H,2,5-6H2,1H3,(H,14,16). The molecule has 1 amide bonds. The van der Waals surface area contributed by atoms with Crippen molar-refractivity contribution in [1.29, 1.82) is 0 Å². The molecule has 1 unspecified atom stereocenters. The smallest absolute Gasteiger partial charge is 0.244 e. The molecule has 8 heteroatoms. The van der Waals surface area contributed by atoms with Crippen LogP contribution in [0, 0.1) is 0 Å². The van der Waals surface area contributed by atoms with Crippen LogP contribution >= 0.6 is 11.6 Å². The van der Waals surface area contributed by atoms with Crippen LogP contribution in [0.2, 0.25) is 5.15 Å². The van der Waals surface area contributed by atoms with Crippen molar-refractivity contribution in [1.82, 2.24) is 14.6 Å². The first-order chi connectivity index (χ1) is 8.96. The summed E-state index contributed by atoms with van der Waals surface area (Å²) in [6, 6.07) is 1.99. The number of hydrogen-bond donors (Lipinski definition) is 1. The Morgan fingerprint density at radius 3 is 2.95 bits per heavy atom. The Morgan fingerprint density at radius 2 is 2.32 bits per heavy atom. The Morgan fingerprint density at radius 1 is 1.58 bits per heavy atom. The molecule has 6 nitrogen and oxygen atoms in total. The first-order valence-electron chi connectivity index (χ1n) is 5.88. The van der Waals surface area contributed by atoms with E-state index in [1.54, 1.807) is 6.92 Å². The number of nitrogens with one attached hydrogen (secondary N) is 1. The maximum absolute atomic E-state index is 12.5. The van der Waals surface area contributed by atoms with Crippen molar-refractivity contribution in [3.05, 3.63) is 23.5 Å². The van der Waals surface area contributed by atoms with Crippen molar-refractivity contribution in [3.63, 3.8) is 0 Å². The lowest BCUT2D eigenvalue weighted by Gasteiger charge is -2.33. The monoisotopic (exact) mass is 303 g/mol. The Bertz CT molecular complexity index is 591. The second-order valence-electron chi connectivity index (χ2n) is 4.15. The van der Waals surface area contributed by atoms with E-state index >= 15 is 0 Å². The van der Waals surface area contributed by atoms with Crippen LogP contribution in [0.5, 0.6) is 0 Å². The molecule has 1 saturated heterocycles. The minimum Gasteiger partial charge on any atom is -0.353 e. The van der Waals surface area contributed by atoms with E-state index < -0.39 is 16.1 Å². The third-order valence-corrected chi connectivity index (χ3v) is 5.08. The van der Waals surface area contributed by atoms with Gasteiger partial charge < -0.3 is 5.32 Å². The highest BCUT2D eigenvalue weighted by Gasteiger charge is 2.37. The molecule has 1 aromatic heterocycles. The van der Waals surface area contributed by atoms with Gasteiger partial charge in [0.15, 0.2) is 0 Å². The third-order valence-electron chi connectivity index (χ3n) is 2.97. The molecule has 1 atom stereocenters. The lowest BCUT2D eigenvalue weighted by Crippen LogP contribution is -2.56. The molecule has 0 saturated carbocycles. The van der Waals surface area contributed by atoms with Crippen LogP contribution < -0.4 is 5.32 Å². The van der Waals surface area contributed by atoms with Gasteiger partial charge in [0.2, 0.25) is 15.9 Å². The van der Waals surface area contributed by atoms with Gasteiger partial charge in [-0.05, 0) is 18.6 Å². The van der Waals surface area contributed by atoms with Gasteiger partial charge in [-0.3, -0.25) is 4.79 Å². The molecule has 2 rings (SSSR count). The van der Waals surface area contributed by atoms with Gasteiger partial charge in [0.05, 0.1) is 4.90 Å². The summed E-state index contributed by atoms with van der Waals surface area (Å²) in [4.78, 5) is 15.5. The molecule has 1 aromatic rings. The molecule has 1 fully saturated rings. The van der Waals surface area contributed by atoms with Gasteiger partial charge in [0, 0.05) is 19.3 Å². The van der Waals surface area contributed by atoms with Gasteiger partial charge >= 0.3 is 0 Å². The Labute approximate surface area is 116 Å². The zero-order valence-corrected chi connectivity index (χ0v) is 11.9. The quantitative estimate of drug-likeness (QED) is 0.831. The Kier molecular flexibility index (Phi) is 4.07. The molecule has 0 bridgehead atoms. The first kappa shape index (κ1) is 14.2. The fraction of sp³-hybridized carbons (Fsp3) is 0.455. The number of hydrogen-bond acceptors (Lipinski definition) is 4. The number of rotatable bonds is 3. The minimum atomic E-state index is -3.73. The summed E-state index contributed by atoms with van der Waals surface area (Å²) < 4.78 is 26.2. The molecule has 0 aliphatic carbocycles. The van der Waals surface area contributed by atoms with Crippen LogP contribution in [-0.4, -0.2) is 42.7 Å². The highest BCUT2D eigenvalue weighted by Crippen LogP contribution is 2.22. The number of carbonyl (C=O) groups is 1. The molecule has 0 radical (unpaired) electrons. The summed E-state index contributed by atoms with van der Waals surface area (Å²) >= 11 is 5.72. The van der Waals surface area contributed by atoms with Crippen LogP contribution in [0.15, 0.2) is 23.2 Å². The van der Waals surface area contributed by atoms with Gasteiger partial charge in [-0.2, -0.15) is 4.31 Å². The molecular formula is C11H14ClN3O3S. The second kappa shape index (κ2) is 5.44. The molecule has 104 valence electrons. The fourth-order valence-corrected chi connectivity index (χ4v) is 3.97. The van der Waals surface area contributed by atoms with E-state index in [0.717, 1.165) is 0 Å². The highest BCUT2D eigenvalue weighted by molar-refractivity contribution is 7.89. The van der Waals surface area contributed by atoms with Crippen molar-refractivity contribution < 1.29 is 13.2 Å². The number of piperazine rings is 1. The van der Waals surface area contributed by atoms with Crippen molar-refractivity contribution in [3.8, 4) is 0 Å². The molecular weight excluding hydrogens is 290 g/mol. The summed E-state index contributed by atoms with van der Waals surface area (Å²) in [7, 11) is -3.73. The second-order valence-corrected chi connectivity index (χ2v) is 6.42. The molecule has 19 heavy (non-hydrogen) atoms. The molecule has 1 N–H and O–H groups in total. The van der Waals surface area contributed by atoms with Crippen molar-refractivity contribution >= 4 is 27.5 Å². The van der Waals surface area contributed by atoms with E-state index in [-0.39, 0.29) is 22.5 Å². The normalized spacial score (nSPS) is 21.2. The lowest BCUT2D eigenvalue weighted by molar-refractivity contribution is -0.126. The number of pyridine rings is 1. The number of sulfonamides is 1. The minimum absolute atomic E-state index is 0.0562. The van der Waals surface area contributed by atoms with E-state index in [0.29, 0.717) is 13.0 Å². The first-order valence-corrected chi connectivity index (χ1v) is 7.69. The maximum atomic E-state index is 12.5. The summed E-state index contributed by atoms with van der Waals surface area (Å²) in [5.41, 5.74) is 0. The van der Waals surface area contributed by atoms with Gasteiger partial charge in [-0.15, -0.1) is 0 Å². The topological polar surface area (TPSA) is 79.4 Å². The van der Waals surface area contributed by atoms with E-state index in [1.807, 2.05) is 0 Å². The molecule has 1 aliphatic heterocycles. The van der Waals surface area contributed by atoms with Crippen LogP contribution in [0.3, 0.4) is 0 Å². The summed E-state index contributed by atoms with van der Waals surface area (Å²) in [6.07, 6.45) is 1.75. The average Bonchev–Trinajstić information content (AvgIpc) is 2.38. The van der Waals surface area contributed by atoms with Crippen molar-refractivity contribution in [2.45, 2.75) is 24.3 Å². The molecule has 2 heterocycles. The zero-order valence-electron chi connectivity index (χ0n) is 10.3. The summed E-state index contributed by atoms with van der Waals surface area (Å²) in [5.74, 6) is -0.266. The fourth-order valence-electron chi connectivity index (χ4n) is 2.05. The number of halogens is 1. The SMILES string of the molecule is CCC1C(=O)NCCN1S(=O)(=O)c1ccnc(Cl)c1. The van der Waals surface area contributed by atoms with Crippen molar-refractivity contribution in [2.75, 3.05) is 13.1 Å². The van der Waals surface area contributed by atoms with Crippen LogP contribution in [0.25, 0.3) is 0 Å². The summed E-state index contributed by atoms with van der Waals surface area (Å²) in [6.45, 7) is 2.34. The highest BCUT2D eigenvalue weighted by atomic mass is 35.5. The van der Waals surface area contributed by atoms with E-state index in [2.05, 4.69) is 10.3 Å². The van der Waals surface area contributed by atoms with Crippen LogP contribution in [0.4, 0.5) is 0 Å². The zero-order chi connectivity index (χ0) is 14.0. The molecule has 0 aromatic carbocycles. The van der Waals surface area contributed by atoms with Gasteiger partial charge in [0.25, 0.3) is 0 Å². The molecule has 1 aliphatic rings. The van der Waals surface area contributed by atoms with Gasteiger partial charge in [-0.25, -0.2) is 13.4 Å². The van der Waals surface area contributed by atoms with Crippen molar-refractivity contribution in [2.24, 2.45) is 0 Å². The number of amides is 1. The number of aromatic nitrogens is 1. The van der Waals surface area contributed by atoms with Gasteiger partial charge in [0.1, 0.15) is 11.2 Å². The predicted molar refractivity (Wildman–Crippen MR) is 70.2 cm³/mol. The van der Waals surface area contributed by atoms with Crippen LogP contribution in [0.1, 0.15) is 13.3 Å². The largest absolute Gasteiger partial charge is 0.353 e. The number of carbonyl (C=O) groups excluding carboxylic acids is 1. The van der Waals surface area contributed by atoms with E-state index in [9.17, 15) is 13.2 Å². The Hall–Kier alpha value is -1.18. The average molecular weight is 304 g/mol. The molecule has 0 spiro atoms. The van der Waals surface area contributed by atoms with E-state index in [1.165, 1.54) is 22.6 Å². The lowest BCUT2D eigenvalue weighted by atomic mass is 10.2. The maximum Gasteiger partial charge on any atom is 0.244 e.